The van der Waals surface area contributed by atoms with Gasteiger partial charge in [-0.1, -0.05) is 6.07 Å². The van der Waals surface area contributed by atoms with Crippen molar-refractivity contribution in [2.45, 2.75) is 0 Å². The van der Waals surface area contributed by atoms with Crippen molar-refractivity contribution in [2.24, 2.45) is 0 Å². The molecule has 0 unspecified atom stereocenters. The molecular formula is C13H9N5. The first-order chi connectivity index (χ1) is 8.93. The van der Waals surface area contributed by atoms with Gasteiger partial charge in [-0.05, 0) is 12.1 Å². The van der Waals surface area contributed by atoms with Gasteiger partial charge < -0.3 is 0 Å². The van der Waals surface area contributed by atoms with Crippen LogP contribution in [-0.4, -0.2) is 24.9 Å². The molecule has 0 bridgehead atoms. The van der Waals surface area contributed by atoms with Crippen LogP contribution in [0.3, 0.4) is 0 Å². The third-order valence-corrected chi connectivity index (χ3v) is 2.40. The minimum atomic E-state index is 0.739. The van der Waals surface area contributed by atoms with E-state index in [2.05, 4.69) is 24.9 Å². The smallest absolute Gasteiger partial charge is 0.107 e. The standard InChI is InChI=1S/C13H9N5/c1-2-10(12-8-14-4-6-16-12)18-11(3-1)13-9-15-5-7-17-13/h1-9H. The van der Waals surface area contributed by atoms with Crippen molar-refractivity contribution in [3.05, 3.63) is 55.4 Å². The lowest BCUT2D eigenvalue weighted by atomic mass is 10.2. The summed E-state index contributed by atoms with van der Waals surface area (Å²) in [5.74, 6) is 0. The molecule has 5 heteroatoms. The Hall–Kier alpha value is -2.69. The average molecular weight is 235 g/mol. The molecule has 0 atom stereocenters. The normalized spacial score (nSPS) is 10.2. The summed E-state index contributed by atoms with van der Waals surface area (Å²) in [7, 11) is 0. The number of hydrogen-bond donors (Lipinski definition) is 0. The summed E-state index contributed by atoms with van der Waals surface area (Å²) in [5, 5.41) is 0. The van der Waals surface area contributed by atoms with Gasteiger partial charge in [-0.2, -0.15) is 0 Å². The Kier molecular flexibility index (Phi) is 2.71. The Morgan fingerprint density at radius 2 is 1.17 bits per heavy atom. The molecule has 0 aliphatic heterocycles. The van der Waals surface area contributed by atoms with Crippen LogP contribution in [0.1, 0.15) is 0 Å². The molecule has 0 aliphatic rings. The van der Waals surface area contributed by atoms with E-state index in [-0.39, 0.29) is 0 Å². The van der Waals surface area contributed by atoms with Crippen LogP contribution >= 0.6 is 0 Å². The summed E-state index contributed by atoms with van der Waals surface area (Å²) in [4.78, 5) is 21.0. The van der Waals surface area contributed by atoms with Gasteiger partial charge in [0.25, 0.3) is 0 Å². The lowest BCUT2D eigenvalue weighted by molar-refractivity contribution is 1.15. The van der Waals surface area contributed by atoms with Crippen LogP contribution in [0.2, 0.25) is 0 Å². The molecule has 3 aromatic heterocycles. The predicted octanol–water partition coefficient (Wildman–Crippen LogP) is 2.00. The molecule has 3 rings (SSSR count). The van der Waals surface area contributed by atoms with Crippen molar-refractivity contribution in [1.29, 1.82) is 0 Å². The van der Waals surface area contributed by atoms with E-state index in [1.54, 1.807) is 37.2 Å². The summed E-state index contributed by atoms with van der Waals surface area (Å²) < 4.78 is 0. The molecule has 0 saturated heterocycles. The molecule has 18 heavy (non-hydrogen) atoms. The van der Waals surface area contributed by atoms with Gasteiger partial charge in [0.05, 0.1) is 23.8 Å². The number of rotatable bonds is 2. The number of nitrogens with zero attached hydrogens (tertiary/aromatic N) is 5. The van der Waals surface area contributed by atoms with Crippen LogP contribution in [0.4, 0.5) is 0 Å². The molecule has 0 spiro atoms. The fourth-order valence-electron chi connectivity index (χ4n) is 1.58. The third kappa shape index (κ3) is 2.06. The summed E-state index contributed by atoms with van der Waals surface area (Å²) in [6.45, 7) is 0. The monoisotopic (exact) mass is 235 g/mol. The van der Waals surface area contributed by atoms with Gasteiger partial charge in [-0.3, -0.25) is 19.9 Å². The average Bonchev–Trinajstić information content (AvgIpc) is 2.49. The van der Waals surface area contributed by atoms with Crippen LogP contribution in [0, 0.1) is 0 Å². The zero-order chi connectivity index (χ0) is 12.2. The molecule has 0 saturated carbocycles. The van der Waals surface area contributed by atoms with E-state index in [0.717, 1.165) is 22.8 Å². The Balaban J connectivity index is 2.05. The van der Waals surface area contributed by atoms with Gasteiger partial charge in [-0.25, -0.2) is 4.98 Å². The number of pyridine rings is 1. The molecule has 0 fully saturated rings. The van der Waals surface area contributed by atoms with Gasteiger partial charge in [-0.15, -0.1) is 0 Å². The van der Waals surface area contributed by atoms with Crippen molar-refractivity contribution in [2.75, 3.05) is 0 Å². The molecular weight excluding hydrogens is 226 g/mol. The highest BCUT2D eigenvalue weighted by Crippen LogP contribution is 2.18. The predicted molar refractivity (Wildman–Crippen MR) is 66.3 cm³/mol. The molecule has 0 N–H and O–H groups in total. The van der Waals surface area contributed by atoms with E-state index >= 15 is 0 Å². The maximum absolute atomic E-state index is 4.51. The van der Waals surface area contributed by atoms with Crippen molar-refractivity contribution in [3.63, 3.8) is 0 Å². The van der Waals surface area contributed by atoms with Gasteiger partial charge in [0.15, 0.2) is 0 Å². The molecule has 86 valence electrons. The van der Waals surface area contributed by atoms with E-state index in [4.69, 9.17) is 0 Å². The first-order valence-electron chi connectivity index (χ1n) is 5.43. The maximum atomic E-state index is 4.51. The Morgan fingerprint density at radius 1 is 0.611 bits per heavy atom. The molecule has 3 aromatic rings. The van der Waals surface area contributed by atoms with Gasteiger partial charge in [0.1, 0.15) is 11.4 Å². The van der Waals surface area contributed by atoms with E-state index in [1.807, 2.05) is 18.2 Å². The van der Waals surface area contributed by atoms with Gasteiger partial charge >= 0.3 is 0 Å². The molecule has 5 nitrogen and oxygen atoms in total. The molecule has 0 aromatic carbocycles. The highest BCUT2D eigenvalue weighted by atomic mass is 14.8. The fraction of sp³-hybridized carbons (Fsp3) is 0. The van der Waals surface area contributed by atoms with E-state index in [1.165, 1.54) is 0 Å². The topological polar surface area (TPSA) is 64.5 Å². The molecule has 0 radical (unpaired) electrons. The van der Waals surface area contributed by atoms with Crippen molar-refractivity contribution in [3.8, 4) is 22.8 Å². The second-order valence-corrected chi connectivity index (χ2v) is 3.59. The van der Waals surface area contributed by atoms with E-state index < -0.39 is 0 Å². The Bertz CT molecular complexity index is 585. The first-order valence-corrected chi connectivity index (χ1v) is 5.43. The summed E-state index contributed by atoms with van der Waals surface area (Å²) >= 11 is 0. The number of aromatic nitrogens is 5. The fourth-order valence-corrected chi connectivity index (χ4v) is 1.58. The second-order valence-electron chi connectivity index (χ2n) is 3.59. The van der Waals surface area contributed by atoms with Crippen LogP contribution in [0.5, 0.6) is 0 Å². The molecule has 3 heterocycles. The quantitative estimate of drug-likeness (QED) is 0.679. The zero-order valence-corrected chi connectivity index (χ0v) is 9.43. The lowest BCUT2D eigenvalue weighted by Gasteiger charge is -2.02. The SMILES string of the molecule is c1cc(-c2cnccn2)nc(-c2cnccn2)c1. The third-order valence-electron chi connectivity index (χ3n) is 2.40. The van der Waals surface area contributed by atoms with Crippen LogP contribution in [0.25, 0.3) is 22.8 Å². The molecule has 0 amide bonds. The highest BCUT2D eigenvalue weighted by molar-refractivity contribution is 5.60. The van der Waals surface area contributed by atoms with Crippen molar-refractivity contribution >= 4 is 0 Å². The largest absolute Gasteiger partial charge is 0.261 e. The van der Waals surface area contributed by atoms with Crippen LogP contribution in [0.15, 0.2) is 55.4 Å². The Labute approximate surface area is 104 Å². The van der Waals surface area contributed by atoms with Crippen LogP contribution < -0.4 is 0 Å². The second kappa shape index (κ2) is 4.67. The lowest BCUT2D eigenvalue weighted by Crippen LogP contribution is -1.92. The first kappa shape index (κ1) is 10.5. The molecule has 0 aliphatic carbocycles. The maximum Gasteiger partial charge on any atom is 0.107 e. The minimum absolute atomic E-state index is 0.739. The van der Waals surface area contributed by atoms with Crippen molar-refractivity contribution < 1.29 is 0 Å². The summed E-state index contributed by atoms with van der Waals surface area (Å²) in [6.07, 6.45) is 9.93. The zero-order valence-electron chi connectivity index (χ0n) is 9.43. The van der Waals surface area contributed by atoms with E-state index in [9.17, 15) is 0 Å². The highest BCUT2D eigenvalue weighted by Gasteiger charge is 2.04. The Morgan fingerprint density at radius 3 is 1.61 bits per heavy atom. The van der Waals surface area contributed by atoms with Crippen molar-refractivity contribution in [1.82, 2.24) is 24.9 Å². The van der Waals surface area contributed by atoms with E-state index in [0.29, 0.717) is 0 Å². The summed E-state index contributed by atoms with van der Waals surface area (Å²) in [6, 6.07) is 5.70. The van der Waals surface area contributed by atoms with Gasteiger partial charge in [0.2, 0.25) is 0 Å². The van der Waals surface area contributed by atoms with Gasteiger partial charge in [0, 0.05) is 24.8 Å². The number of hydrogen-bond acceptors (Lipinski definition) is 5. The summed E-state index contributed by atoms with van der Waals surface area (Å²) in [5.41, 5.74) is 3.02. The minimum Gasteiger partial charge on any atom is -0.261 e. The van der Waals surface area contributed by atoms with Crippen LogP contribution in [-0.2, 0) is 0 Å².